The maximum atomic E-state index is 11.0. The summed E-state index contributed by atoms with van der Waals surface area (Å²) in [5.74, 6) is -0.692. The molecule has 0 aliphatic heterocycles. The third-order valence-corrected chi connectivity index (χ3v) is 1.44. The van der Waals surface area contributed by atoms with E-state index in [0.29, 0.717) is 0 Å². The van der Waals surface area contributed by atoms with Gasteiger partial charge in [0, 0.05) is 6.20 Å². The van der Waals surface area contributed by atoms with Gasteiger partial charge in [-0.05, 0) is 12.2 Å². The van der Waals surface area contributed by atoms with Crippen LogP contribution in [-0.2, 0) is 4.74 Å². The summed E-state index contributed by atoms with van der Waals surface area (Å²) in [5.41, 5.74) is -0.642. The molecule has 0 aromatic carbocycles. The van der Waals surface area contributed by atoms with Gasteiger partial charge in [-0.15, -0.1) is 0 Å². The van der Waals surface area contributed by atoms with E-state index in [4.69, 9.17) is 0 Å². The summed E-state index contributed by atoms with van der Waals surface area (Å²) in [6, 6.07) is 0. The molecule has 0 amide bonds. The molecule has 0 fully saturated rings. The Morgan fingerprint density at radius 1 is 1.67 bits per heavy atom. The fourth-order valence-electron chi connectivity index (χ4n) is 0.671. The van der Waals surface area contributed by atoms with Crippen LogP contribution in [0.2, 0.25) is 0 Å². The molecule has 6 heteroatoms. The number of aromatic nitrogens is 2. The normalized spacial score (nSPS) is 9.42. The van der Waals surface area contributed by atoms with E-state index < -0.39 is 11.5 Å². The van der Waals surface area contributed by atoms with E-state index in [1.165, 1.54) is 13.3 Å². The zero-order chi connectivity index (χ0) is 9.14. The smallest absolute Gasteiger partial charge is 0.345 e. The Morgan fingerprint density at radius 2 is 2.33 bits per heavy atom. The van der Waals surface area contributed by atoms with Crippen molar-refractivity contribution in [2.24, 2.45) is 0 Å². The highest BCUT2D eigenvalue weighted by Gasteiger charge is 2.08. The predicted molar refractivity (Wildman–Crippen MR) is 43.6 cm³/mol. The first kappa shape index (κ1) is 8.66. The lowest BCUT2D eigenvalue weighted by Crippen LogP contribution is -2.19. The number of hydrogen-bond acceptors (Lipinski definition) is 4. The van der Waals surface area contributed by atoms with E-state index in [-0.39, 0.29) is 10.3 Å². The number of carbonyl (C=O) groups excluding carboxylic acids is 1. The topological polar surface area (TPSA) is 75.0 Å². The van der Waals surface area contributed by atoms with E-state index in [1.54, 1.807) is 0 Å². The van der Waals surface area contributed by atoms with Gasteiger partial charge in [0.05, 0.1) is 7.11 Å². The molecule has 1 aromatic heterocycles. The Morgan fingerprint density at radius 3 is 2.83 bits per heavy atom. The van der Waals surface area contributed by atoms with Gasteiger partial charge in [0.2, 0.25) is 0 Å². The first-order chi connectivity index (χ1) is 5.65. The third-order valence-electron chi connectivity index (χ3n) is 1.22. The molecule has 0 unspecified atom stereocenters. The van der Waals surface area contributed by atoms with Crippen LogP contribution in [0.1, 0.15) is 10.4 Å². The molecule has 0 bridgehead atoms. The van der Waals surface area contributed by atoms with E-state index in [0.717, 1.165) is 0 Å². The fourth-order valence-corrected chi connectivity index (χ4v) is 0.823. The molecule has 1 rings (SSSR count). The van der Waals surface area contributed by atoms with Crippen LogP contribution < -0.4 is 5.56 Å². The average Bonchev–Trinajstić information content (AvgIpc) is 2.03. The molecule has 0 aliphatic carbocycles. The number of ether oxygens (including phenoxy) is 1. The van der Waals surface area contributed by atoms with Crippen molar-refractivity contribution in [1.82, 2.24) is 9.97 Å². The Bertz CT molecular complexity index is 406. The van der Waals surface area contributed by atoms with Crippen LogP contribution in [-0.4, -0.2) is 23.0 Å². The molecule has 0 saturated carbocycles. The molecule has 0 radical (unpaired) electrons. The SMILES string of the molecule is COC(=O)c1c[nH]c(=S)[nH]c1=O. The van der Waals surface area contributed by atoms with E-state index in [2.05, 4.69) is 26.9 Å². The zero-order valence-corrected chi connectivity index (χ0v) is 7.03. The number of nitrogens with one attached hydrogen (secondary N) is 2. The van der Waals surface area contributed by atoms with Gasteiger partial charge in [0.15, 0.2) is 4.77 Å². The van der Waals surface area contributed by atoms with Crippen molar-refractivity contribution >= 4 is 18.2 Å². The van der Waals surface area contributed by atoms with Crippen molar-refractivity contribution in [3.63, 3.8) is 0 Å². The quantitative estimate of drug-likeness (QED) is 0.486. The Labute approximate surface area is 72.4 Å². The second-order valence-electron chi connectivity index (χ2n) is 1.98. The number of aromatic amines is 2. The van der Waals surface area contributed by atoms with Crippen molar-refractivity contribution in [2.75, 3.05) is 7.11 Å². The molecule has 12 heavy (non-hydrogen) atoms. The number of carbonyl (C=O) groups is 1. The van der Waals surface area contributed by atoms with Gasteiger partial charge < -0.3 is 9.72 Å². The van der Waals surface area contributed by atoms with Crippen LogP contribution >= 0.6 is 12.2 Å². The van der Waals surface area contributed by atoms with Crippen molar-refractivity contribution < 1.29 is 9.53 Å². The summed E-state index contributed by atoms with van der Waals surface area (Å²) in [7, 11) is 1.20. The van der Waals surface area contributed by atoms with Crippen LogP contribution in [0.5, 0.6) is 0 Å². The molecule has 0 spiro atoms. The minimum absolute atomic E-state index is 0.0916. The lowest BCUT2D eigenvalue weighted by molar-refractivity contribution is 0.0598. The summed E-state index contributed by atoms with van der Waals surface area (Å²) in [6.45, 7) is 0. The summed E-state index contributed by atoms with van der Waals surface area (Å²) >= 11 is 4.62. The molecule has 5 nitrogen and oxygen atoms in total. The first-order valence-electron chi connectivity index (χ1n) is 3.05. The van der Waals surface area contributed by atoms with Gasteiger partial charge in [0.25, 0.3) is 5.56 Å². The highest BCUT2D eigenvalue weighted by molar-refractivity contribution is 7.71. The molecule has 1 heterocycles. The van der Waals surface area contributed by atoms with Crippen LogP contribution in [0, 0.1) is 4.77 Å². The van der Waals surface area contributed by atoms with Crippen LogP contribution in [0.4, 0.5) is 0 Å². The maximum absolute atomic E-state index is 11.0. The molecule has 0 atom stereocenters. The van der Waals surface area contributed by atoms with Crippen LogP contribution in [0.15, 0.2) is 11.0 Å². The number of esters is 1. The Kier molecular flexibility index (Phi) is 2.39. The number of hydrogen-bond donors (Lipinski definition) is 2. The molecule has 64 valence electrons. The molecule has 2 N–H and O–H groups in total. The van der Waals surface area contributed by atoms with Crippen molar-refractivity contribution in [3.05, 3.63) is 26.9 Å². The van der Waals surface area contributed by atoms with Gasteiger partial charge in [-0.25, -0.2) is 4.79 Å². The Balaban J connectivity index is 3.28. The summed E-state index contributed by atoms with van der Waals surface area (Å²) < 4.78 is 4.52. The average molecular weight is 186 g/mol. The summed E-state index contributed by atoms with van der Waals surface area (Å²) in [6.07, 6.45) is 1.22. The number of rotatable bonds is 1. The van der Waals surface area contributed by atoms with Crippen LogP contribution in [0.25, 0.3) is 0 Å². The van der Waals surface area contributed by atoms with Gasteiger partial charge >= 0.3 is 5.97 Å². The second-order valence-corrected chi connectivity index (χ2v) is 2.39. The highest BCUT2D eigenvalue weighted by Crippen LogP contribution is 1.89. The number of methoxy groups -OCH3 is 1. The Hall–Kier alpha value is -1.43. The van der Waals surface area contributed by atoms with E-state index in [1.807, 2.05) is 0 Å². The zero-order valence-electron chi connectivity index (χ0n) is 6.21. The van der Waals surface area contributed by atoms with E-state index in [9.17, 15) is 9.59 Å². The van der Waals surface area contributed by atoms with Gasteiger partial charge in [-0.1, -0.05) is 0 Å². The van der Waals surface area contributed by atoms with Gasteiger partial charge in [-0.3, -0.25) is 9.78 Å². The lowest BCUT2D eigenvalue weighted by Gasteiger charge is -1.95. The molecular formula is C6H6N2O3S. The summed E-state index contributed by atoms with van der Waals surface area (Å²) in [5, 5.41) is 0. The number of H-pyrrole nitrogens is 2. The third kappa shape index (κ3) is 1.59. The van der Waals surface area contributed by atoms with Gasteiger partial charge in [0.1, 0.15) is 5.56 Å². The minimum atomic E-state index is -0.692. The van der Waals surface area contributed by atoms with Crippen molar-refractivity contribution in [3.8, 4) is 0 Å². The van der Waals surface area contributed by atoms with Crippen molar-refractivity contribution in [2.45, 2.75) is 0 Å². The first-order valence-corrected chi connectivity index (χ1v) is 3.46. The van der Waals surface area contributed by atoms with Gasteiger partial charge in [-0.2, -0.15) is 0 Å². The second kappa shape index (κ2) is 3.31. The largest absolute Gasteiger partial charge is 0.465 e. The highest BCUT2D eigenvalue weighted by atomic mass is 32.1. The maximum Gasteiger partial charge on any atom is 0.345 e. The molecule has 1 aromatic rings. The van der Waals surface area contributed by atoms with Crippen molar-refractivity contribution in [1.29, 1.82) is 0 Å². The predicted octanol–water partition coefficient (Wildman–Crippen LogP) is 0.219. The summed E-state index contributed by atoms with van der Waals surface area (Å²) in [4.78, 5) is 26.6. The fraction of sp³-hybridized carbons (Fsp3) is 0.167. The minimum Gasteiger partial charge on any atom is -0.465 e. The van der Waals surface area contributed by atoms with E-state index >= 15 is 0 Å². The van der Waals surface area contributed by atoms with Crippen LogP contribution in [0.3, 0.4) is 0 Å². The molecule has 0 aliphatic rings. The lowest BCUT2D eigenvalue weighted by atomic mass is 10.3. The standard InChI is InChI=1S/C6H6N2O3S/c1-11-5(10)3-2-7-6(12)8-4(3)9/h2H,1H3,(H2,7,8,9,12). The molecule has 0 saturated heterocycles. The molecular weight excluding hydrogens is 180 g/mol. The monoisotopic (exact) mass is 186 g/mol.